The largest absolute Gasteiger partial charge is 0.394 e. The highest BCUT2D eigenvalue weighted by Gasteiger charge is 2.31. The monoisotopic (exact) mass is 667 g/mol. The highest BCUT2D eigenvalue weighted by molar-refractivity contribution is 8.00. The van der Waals surface area contributed by atoms with Crippen LogP contribution in [-0.4, -0.2) is 105 Å². The summed E-state index contributed by atoms with van der Waals surface area (Å²) in [4.78, 5) is 0. The van der Waals surface area contributed by atoms with Gasteiger partial charge in [0.1, 0.15) is 0 Å². The van der Waals surface area contributed by atoms with E-state index in [0.717, 1.165) is 25.7 Å². The Hall–Kier alpha value is 0.0300. The van der Waals surface area contributed by atoms with Gasteiger partial charge in [-0.2, -0.15) is 0 Å². The van der Waals surface area contributed by atoms with Gasteiger partial charge in [0.15, 0.2) is 0 Å². The van der Waals surface area contributed by atoms with Crippen molar-refractivity contribution in [3.05, 3.63) is 0 Å². The second-order valence-corrected chi connectivity index (χ2v) is 14.5. The molecular weight excluding hydrogens is 592 g/mol. The SMILES string of the molecule is CCCCCCCCCCCCOCC(O)C(CC(O)CO)SC(CC(O)CO)C(O)COCCCCCCCCCCCC. The summed E-state index contributed by atoms with van der Waals surface area (Å²) in [6.45, 7) is 4.89. The van der Waals surface area contributed by atoms with Gasteiger partial charge in [0.2, 0.25) is 0 Å². The molecule has 0 saturated heterocycles. The van der Waals surface area contributed by atoms with E-state index in [0.29, 0.717) is 13.2 Å². The summed E-state index contributed by atoms with van der Waals surface area (Å²) in [6, 6.07) is 0. The molecule has 0 spiro atoms. The molecule has 6 atom stereocenters. The average Bonchev–Trinajstić information content (AvgIpc) is 3.04. The Morgan fingerprint density at radius 3 is 1.02 bits per heavy atom. The van der Waals surface area contributed by atoms with Crippen LogP contribution >= 0.6 is 11.8 Å². The number of hydrogen-bond donors (Lipinski definition) is 6. The Morgan fingerprint density at radius 2 is 0.733 bits per heavy atom. The van der Waals surface area contributed by atoms with Crippen molar-refractivity contribution >= 4 is 11.8 Å². The molecule has 0 heterocycles. The van der Waals surface area contributed by atoms with Gasteiger partial charge < -0.3 is 40.1 Å². The third-order valence-corrected chi connectivity index (χ3v) is 10.2. The minimum atomic E-state index is -1.02. The normalized spacial score (nSPS) is 16.0. The third kappa shape index (κ3) is 28.7. The lowest BCUT2D eigenvalue weighted by Gasteiger charge is -2.31. The molecule has 0 rings (SSSR count). The van der Waals surface area contributed by atoms with Gasteiger partial charge in [0, 0.05) is 23.7 Å². The summed E-state index contributed by atoms with van der Waals surface area (Å²) in [7, 11) is 0. The van der Waals surface area contributed by atoms with Gasteiger partial charge >= 0.3 is 0 Å². The molecule has 0 bridgehead atoms. The molecule has 0 amide bonds. The summed E-state index contributed by atoms with van der Waals surface area (Å²) >= 11 is 1.26. The highest BCUT2D eigenvalue weighted by atomic mass is 32.2. The zero-order chi connectivity index (χ0) is 33.4. The molecule has 8 nitrogen and oxygen atoms in total. The fourth-order valence-electron chi connectivity index (χ4n) is 5.52. The number of unbranched alkanes of at least 4 members (excludes halogenated alkanes) is 18. The van der Waals surface area contributed by atoms with Crippen molar-refractivity contribution in [3.8, 4) is 0 Å². The maximum absolute atomic E-state index is 11.0. The first kappa shape index (κ1) is 45.0. The van der Waals surface area contributed by atoms with E-state index in [4.69, 9.17) is 9.47 Å². The zero-order valence-corrected chi connectivity index (χ0v) is 30.0. The smallest absolute Gasteiger partial charge is 0.0892 e. The Bertz CT molecular complexity index is 539. The number of aliphatic hydroxyl groups is 6. The topological polar surface area (TPSA) is 140 Å². The van der Waals surface area contributed by atoms with E-state index in [2.05, 4.69) is 13.8 Å². The molecule has 272 valence electrons. The molecule has 0 radical (unpaired) electrons. The molecule has 0 aromatic rings. The van der Waals surface area contributed by atoms with Gasteiger partial charge in [0.05, 0.1) is 50.8 Å². The van der Waals surface area contributed by atoms with Crippen molar-refractivity contribution in [1.82, 2.24) is 0 Å². The Labute approximate surface area is 281 Å². The van der Waals surface area contributed by atoms with E-state index in [1.165, 1.54) is 114 Å². The van der Waals surface area contributed by atoms with Crippen LogP contribution in [-0.2, 0) is 9.47 Å². The molecule has 0 saturated carbocycles. The number of aliphatic hydroxyl groups excluding tert-OH is 6. The predicted octanol–water partition coefficient (Wildman–Crippen LogP) is 6.54. The van der Waals surface area contributed by atoms with Crippen LogP contribution in [0.2, 0.25) is 0 Å². The number of ether oxygens (including phenoxy) is 2. The molecule has 9 heteroatoms. The lowest BCUT2D eigenvalue weighted by Crippen LogP contribution is -2.39. The highest BCUT2D eigenvalue weighted by Crippen LogP contribution is 2.30. The Morgan fingerprint density at radius 1 is 0.444 bits per heavy atom. The molecule has 6 N–H and O–H groups in total. The van der Waals surface area contributed by atoms with E-state index in [9.17, 15) is 30.6 Å². The Balaban J connectivity index is 4.52. The summed E-state index contributed by atoms with van der Waals surface area (Å²) in [5.41, 5.74) is 0. The summed E-state index contributed by atoms with van der Waals surface area (Å²) < 4.78 is 11.5. The maximum Gasteiger partial charge on any atom is 0.0892 e. The van der Waals surface area contributed by atoms with Gasteiger partial charge in [-0.25, -0.2) is 0 Å². The van der Waals surface area contributed by atoms with Gasteiger partial charge in [-0.1, -0.05) is 129 Å². The predicted molar refractivity (Wildman–Crippen MR) is 188 cm³/mol. The number of rotatable bonds is 36. The maximum atomic E-state index is 11.0. The Kier molecular flexibility index (Phi) is 33.9. The van der Waals surface area contributed by atoms with E-state index in [-0.39, 0.29) is 26.1 Å². The summed E-state index contributed by atoms with van der Waals surface area (Å²) in [5.74, 6) is 0. The van der Waals surface area contributed by atoms with Crippen molar-refractivity contribution < 1.29 is 40.1 Å². The molecule has 6 unspecified atom stereocenters. The fraction of sp³-hybridized carbons (Fsp3) is 1.00. The van der Waals surface area contributed by atoms with Crippen molar-refractivity contribution in [2.45, 2.75) is 190 Å². The van der Waals surface area contributed by atoms with E-state index in [1.54, 1.807) is 0 Å². The van der Waals surface area contributed by atoms with Crippen LogP contribution in [0, 0.1) is 0 Å². The van der Waals surface area contributed by atoms with Crippen molar-refractivity contribution in [1.29, 1.82) is 0 Å². The molecule has 0 aromatic carbocycles. The summed E-state index contributed by atoms with van der Waals surface area (Å²) in [5, 5.41) is 60.1. The van der Waals surface area contributed by atoms with Gasteiger partial charge in [0.25, 0.3) is 0 Å². The van der Waals surface area contributed by atoms with Crippen molar-refractivity contribution in [2.75, 3.05) is 39.6 Å². The first-order chi connectivity index (χ1) is 21.9. The number of thioether (sulfide) groups is 1. The van der Waals surface area contributed by atoms with E-state index >= 15 is 0 Å². The lowest BCUT2D eigenvalue weighted by molar-refractivity contribution is 0.0147. The summed E-state index contributed by atoms with van der Waals surface area (Å²) in [6.07, 6.45) is 21.1. The standard InChI is InChI=1S/C36H74O8S/c1-3-5-7-9-11-13-15-17-19-21-23-43-29-33(41)35(25-31(39)27-37)45-36(26-32(40)28-38)34(42)30-44-24-22-20-18-16-14-12-10-8-6-4-2/h31-42H,3-30H2,1-2H3. The zero-order valence-electron chi connectivity index (χ0n) is 29.2. The van der Waals surface area contributed by atoms with Crippen molar-refractivity contribution in [3.63, 3.8) is 0 Å². The van der Waals surface area contributed by atoms with Gasteiger partial charge in [-0.05, 0) is 25.7 Å². The molecule has 0 aliphatic rings. The molecule has 0 fully saturated rings. The minimum Gasteiger partial charge on any atom is -0.394 e. The van der Waals surface area contributed by atoms with Crippen LogP contribution in [0.15, 0.2) is 0 Å². The van der Waals surface area contributed by atoms with Gasteiger partial charge in [-0.3, -0.25) is 0 Å². The number of hydrogen-bond acceptors (Lipinski definition) is 9. The van der Waals surface area contributed by atoms with E-state index < -0.39 is 48.1 Å². The first-order valence-electron chi connectivity index (χ1n) is 18.6. The first-order valence-corrected chi connectivity index (χ1v) is 19.6. The molecule has 0 aliphatic heterocycles. The third-order valence-electron chi connectivity index (χ3n) is 8.50. The van der Waals surface area contributed by atoms with Crippen LogP contribution in [0.4, 0.5) is 0 Å². The second kappa shape index (κ2) is 33.9. The quantitative estimate of drug-likeness (QED) is 0.0412. The molecular formula is C36H74O8S. The fourth-order valence-corrected chi connectivity index (χ4v) is 7.16. The molecule has 0 aliphatic carbocycles. The van der Waals surface area contributed by atoms with Crippen LogP contribution in [0.3, 0.4) is 0 Å². The lowest BCUT2D eigenvalue weighted by atomic mass is 10.1. The average molecular weight is 667 g/mol. The minimum absolute atomic E-state index is 0.0911. The molecule has 0 aromatic heterocycles. The second-order valence-electron chi connectivity index (χ2n) is 13.0. The van der Waals surface area contributed by atoms with Crippen LogP contribution in [0.1, 0.15) is 155 Å². The van der Waals surface area contributed by atoms with Crippen LogP contribution in [0.5, 0.6) is 0 Å². The van der Waals surface area contributed by atoms with Crippen molar-refractivity contribution in [2.24, 2.45) is 0 Å². The van der Waals surface area contributed by atoms with Gasteiger partial charge in [-0.15, -0.1) is 11.8 Å². The van der Waals surface area contributed by atoms with Crippen LogP contribution in [0.25, 0.3) is 0 Å². The van der Waals surface area contributed by atoms with E-state index in [1.807, 2.05) is 0 Å². The van der Waals surface area contributed by atoms with Crippen LogP contribution < -0.4 is 0 Å². The molecule has 45 heavy (non-hydrogen) atoms.